The van der Waals surface area contributed by atoms with E-state index in [-0.39, 0.29) is 12.6 Å². The fourth-order valence-corrected chi connectivity index (χ4v) is 1.38. The molecule has 0 aromatic carbocycles. The van der Waals surface area contributed by atoms with Gasteiger partial charge in [-0.15, -0.1) is 0 Å². The molecule has 0 bridgehead atoms. The standard InChI is InChI=1S/C12H24F3NO/c1-5-7-16-11(9(3)6-2)8-17-10(4)12(13,14)15/h9-11,16H,5-8H2,1-4H3. The van der Waals surface area contributed by atoms with Gasteiger partial charge in [-0.2, -0.15) is 13.2 Å². The van der Waals surface area contributed by atoms with Gasteiger partial charge in [0, 0.05) is 6.04 Å². The average molecular weight is 255 g/mol. The van der Waals surface area contributed by atoms with E-state index in [0.29, 0.717) is 5.92 Å². The Kier molecular flexibility index (Phi) is 7.79. The van der Waals surface area contributed by atoms with Crippen LogP contribution in [0.2, 0.25) is 0 Å². The van der Waals surface area contributed by atoms with E-state index in [1.54, 1.807) is 0 Å². The van der Waals surface area contributed by atoms with Crippen molar-refractivity contribution in [1.82, 2.24) is 5.32 Å². The predicted molar refractivity (Wildman–Crippen MR) is 63.0 cm³/mol. The molecule has 104 valence electrons. The fraction of sp³-hybridized carbons (Fsp3) is 1.00. The SMILES string of the molecule is CCCNC(COC(C)C(F)(F)F)C(C)CC. The van der Waals surface area contributed by atoms with Crippen molar-refractivity contribution >= 4 is 0 Å². The molecule has 0 saturated carbocycles. The highest BCUT2D eigenvalue weighted by atomic mass is 19.4. The van der Waals surface area contributed by atoms with E-state index in [0.717, 1.165) is 26.3 Å². The van der Waals surface area contributed by atoms with Crippen LogP contribution in [0.4, 0.5) is 13.2 Å². The molecule has 3 atom stereocenters. The van der Waals surface area contributed by atoms with Crippen LogP contribution in [0.1, 0.15) is 40.5 Å². The van der Waals surface area contributed by atoms with Crippen LogP contribution in [0, 0.1) is 5.92 Å². The Morgan fingerprint density at radius 2 is 1.76 bits per heavy atom. The molecule has 0 radical (unpaired) electrons. The first-order valence-electron chi connectivity index (χ1n) is 6.24. The quantitative estimate of drug-likeness (QED) is 0.718. The van der Waals surface area contributed by atoms with Crippen molar-refractivity contribution < 1.29 is 17.9 Å². The number of ether oxygens (including phenoxy) is 1. The summed E-state index contributed by atoms with van der Waals surface area (Å²) in [5, 5.41) is 3.23. The minimum absolute atomic E-state index is 0.00949. The summed E-state index contributed by atoms with van der Waals surface area (Å²) in [5.74, 6) is 0.307. The Morgan fingerprint density at radius 3 is 2.18 bits per heavy atom. The number of hydrogen-bond acceptors (Lipinski definition) is 2. The molecule has 0 rings (SSSR count). The number of alkyl halides is 3. The first kappa shape index (κ1) is 16.7. The smallest absolute Gasteiger partial charge is 0.367 e. The van der Waals surface area contributed by atoms with E-state index in [1.165, 1.54) is 0 Å². The van der Waals surface area contributed by atoms with Gasteiger partial charge < -0.3 is 10.1 Å². The number of nitrogens with one attached hydrogen (secondary N) is 1. The molecule has 0 aliphatic rings. The third kappa shape index (κ3) is 6.88. The molecular weight excluding hydrogens is 231 g/mol. The summed E-state index contributed by atoms with van der Waals surface area (Å²) in [4.78, 5) is 0. The van der Waals surface area contributed by atoms with Crippen molar-refractivity contribution in [3.8, 4) is 0 Å². The molecule has 0 amide bonds. The molecule has 2 nitrogen and oxygen atoms in total. The topological polar surface area (TPSA) is 21.3 Å². The third-order valence-electron chi connectivity index (χ3n) is 2.97. The minimum atomic E-state index is -4.27. The summed E-state index contributed by atoms with van der Waals surface area (Å²) >= 11 is 0. The molecule has 0 aliphatic heterocycles. The van der Waals surface area contributed by atoms with Crippen LogP contribution in [-0.4, -0.2) is 31.5 Å². The van der Waals surface area contributed by atoms with Crippen molar-refractivity contribution in [1.29, 1.82) is 0 Å². The van der Waals surface area contributed by atoms with Crippen molar-refractivity contribution in [3.05, 3.63) is 0 Å². The number of hydrogen-bond donors (Lipinski definition) is 1. The zero-order valence-corrected chi connectivity index (χ0v) is 11.1. The van der Waals surface area contributed by atoms with Gasteiger partial charge >= 0.3 is 6.18 Å². The van der Waals surface area contributed by atoms with E-state index >= 15 is 0 Å². The van der Waals surface area contributed by atoms with Crippen molar-refractivity contribution in [2.24, 2.45) is 5.92 Å². The van der Waals surface area contributed by atoms with Crippen LogP contribution in [-0.2, 0) is 4.74 Å². The van der Waals surface area contributed by atoms with E-state index in [1.807, 2.05) is 20.8 Å². The molecule has 0 fully saturated rings. The monoisotopic (exact) mass is 255 g/mol. The molecule has 0 heterocycles. The average Bonchev–Trinajstić information content (AvgIpc) is 2.26. The number of rotatable bonds is 8. The molecule has 5 heteroatoms. The lowest BCUT2D eigenvalue weighted by Gasteiger charge is -2.26. The van der Waals surface area contributed by atoms with Crippen LogP contribution in [0.3, 0.4) is 0 Å². The summed E-state index contributed by atoms with van der Waals surface area (Å²) in [6.07, 6.45) is -4.09. The van der Waals surface area contributed by atoms with E-state index in [4.69, 9.17) is 4.74 Å². The first-order chi connectivity index (χ1) is 7.82. The van der Waals surface area contributed by atoms with Crippen LogP contribution in [0.25, 0.3) is 0 Å². The second-order valence-corrected chi connectivity index (χ2v) is 4.46. The fourth-order valence-electron chi connectivity index (χ4n) is 1.38. The van der Waals surface area contributed by atoms with Crippen molar-refractivity contribution in [2.75, 3.05) is 13.2 Å². The largest absolute Gasteiger partial charge is 0.414 e. The Labute approximate surface area is 102 Å². The Morgan fingerprint density at radius 1 is 1.18 bits per heavy atom. The van der Waals surface area contributed by atoms with Crippen LogP contribution in [0.15, 0.2) is 0 Å². The van der Waals surface area contributed by atoms with Gasteiger partial charge in [0.1, 0.15) is 0 Å². The molecule has 0 aromatic heterocycles. The predicted octanol–water partition coefficient (Wildman–Crippen LogP) is 3.37. The maximum absolute atomic E-state index is 12.3. The highest BCUT2D eigenvalue weighted by molar-refractivity contribution is 4.73. The van der Waals surface area contributed by atoms with Gasteiger partial charge in [0.05, 0.1) is 6.61 Å². The Balaban J connectivity index is 4.15. The van der Waals surface area contributed by atoms with Gasteiger partial charge in [0.25, 0.3) is 0 Å². The third-order valence-corrected chi connectivity index (χ3v) is 2.97. The van der Waals surface area contributed by atoms with E-state index < -0.39 is 12.3 Å². The van der Waals surface area contributed by atoms with E-state index in [9.17, 15) is 13.2 Å². The number of halogens is 3. The Bertz CT molecular complexity index is 197. The lowest BCUT2D eigenvalue weighted by molar-refractivity contribution is -0.216. The first-order valence-corrected chi connectivity index (χ1v) is 6.24. The van der Waals surface area contributed by atoms with Crippen molar-refractivity contribution in [3.63, 3.8) is 0 Å². The lowest BCUT2D eigenvalue weighted by atomic mass is 10.00. The molecule has 17 heavy (non-hydrogen) atoms. The maximum Gasteiger partial charge on any atom is 0.414 e. The molecule has 0 aliphatic carbocycles. The summed E-state index contributed by atoms with van der Waals surface area (Å²) in [6, 6.07) is -0.00949. The van der Waals surface area contributed by atoms with Gasteiger partial charge in [0.2, 0.25) is 0 Å². The van der Waals surface area contributed by atoms with Gasteiger partial charge in [-0.1, -0.05) is 27.2 Å². The van der Waals surface area contributed by atoms with Crippen LogP contribution < -0.4 is 5.32 Å². The van der Waals surface area contributed by atoms with E-state index in [2.05, 4.69) is 5.32 Å². The second kappa shape index (κ2) is 7.93. The zero-order valence-electron chi connectivity index (χ0n) is 11.1. The minimum Gasteiger partial charge on any atom is -0.367 e. The molecular formula is C12H24F3NO. The molecule has 3 unspecified atom stereocenters. The molecule has 0 aromatic rings. The molecule has 0 spiro atoms. The van der Waals surface area contributed by atoms with Gasteiger partial charge in [-0.3, -0.25) is 0 Å². The zero-order chi connectivity index (χ0) is 13.5. The van der Waals surface area contributed by atoms with Gasteiger partial charge in [-0.25, -0.2) is 0 Å². The van der Waals surface area contributed by atoms with Crippen molar-refractivity contribution in [2.45, 2.75) is 58.9 Å². The van der Waals surface area contributed by atoms with Gasteiger partial charge in [-0.05, 0) is 25.8 Å². The van der Waals surface area contributed by atoms with Gasteiger partial charge in [0.15, 0.2) is 6.10 Å². The highest BCUT2D eigenvalue weighted by Gasteiger charge is 2.37. The summed E-state index contributed by atoms with van der Waals surface area (Å²) in [5.41, 5.74) is 0. The molecule has 1 N–H and O–H groups in total. The Hall–Kier alpha value is -0.290. The summed E-state index contributed by atoms with van der Waals surface area (Å²) < 4.78 is 41.8. The van der Waals surface area contributed by atoms with Crippen LogP contribution >= 0.6 is 0 Å². The van der Waals surface area contributed by atoms with Crippen LogP contribution in [0.5, 0.6) is 0 Å². The lowest BCUT2D eigenvalue weighted by Crippen LogP contribution is -2.42. The normalized spacial score (nSPS) is 17.8. The second-order valence-electron chi connectivity index (χ2n) is 4.46. The maximum atomic E-state index is 12.3. The summed E-state index contributed by atoms with van der Waals surface area (Å²) in [7, 11) is 0. The highest BCUT2D eigenvalue weighted by Crippen LogP contribution is 2.23. The molecule has 0 saturated heterocycles. The summed E-state index contributed by atoms with van der Waals surface area (Å²) in [6.45, 7) is 8.04.